The average molecular weight is 356 g/mol. The minimum absolute atomic E-state index is 0.736. The Balaban J connectivity index is 1.76. The van der Waals surface area contributed by atoms with E-state index in [9.17, 15) is 0 Å². The van der Waals surface area contributed by atoms with Crippen LogP contribution in [0.3, 0.4) is 0 Å². The van der Waals surface area contributed by atoms with Crippen molar-refractivity contribution in [1.82, 2.24) is 0 Å². The van der Waals surface area contributed by atoms with Gasteiger partial charge in [0.25, 0.3) is 0 Å². The summed E-state index contributed by atoms with van der Waals surface area (Å²) >= 11 is 4.11. The third-order valence-electron chi connectivity index (χ3n) is 2.19. The first-order valence-corrected chi connectivity index (χ1v) is 7.48. The molecule has 0 heterocycles. The van der Waals surface area contributed by atoms with Gasteiger partial charge in [0.2, 0.25) is 0 Å². The quantitative estimate of drug-likeness (QED) is 0.444. The van der Waals surface area contributed by atoms with Crippen LogP contribution in [0.25, 0.3) is 0 Å². The van der Waals surface area contributed by atoms with Gasteiger partial charge in [-0.15, -0.1) is 11.8 Å². The number of halogens is 1. The molecule has 0 amide bonds. The lowest BCUT2D eigenvalue weighted by molar-refractivity contribution is 0.341. The maximum Gasteiger partial charge on any atom is 0.132 e. The normalized spacial score (nSPS) is 10.2. The van der Waals surface area contributed by atoms with Crippen molar-refractivity contribution >= 4 is 34.4 Å². The molecular weight excluding hydrogens is 343 g/mol. The predicted octanol–water partition coefficient (Wildman–Crippen LogP) is 4.46. The largest absolute Gasteiger partial charge is 0.492 e. The maximum absolute atomic E-state index is 5.73. The molecule has 0 aliphatic rings. The van der Waals surface area contributed by atoms with Crippen LogP contribution >= 0.6 is 34.4 Å². The molecule has 0 radical (unpaired) electrons. The van der Waals surface area contributed by atoms with Crippen molar-refractivity contribution in [2.45, 2.75) is 4.90 Å². The van der Waals surface area contributed by atoms with Crippen LogP contribution in [0.2, 0.25) is 0 Å². The van der Waals surface area contributed by atoms with Gasteiger partial charge in [-0.25, -0.2) is 0 Å². The molecule has 0 N–H and O–H groups in total. The highest BCUT2D eigenvalue weighted by Gasteiger charge is 1.99. The van der Waals surface area contributed by atoms with Crippen molar-refractivity contribution in [3.8, 4) is 5.75 Å². The number of hydrogen-bond acceptors (Lipinski definition) is 2. The molecule has 1 nitrogen and oxygen atoms in total. The van der Waals surface area contributed by atoms with Gasteiger partial charge >= 0.3 is 0 Å². The molecule has 17 heavy (non-hydrogen) atoms. The second-order valence-electron chi connectivity index (χ2n) is 3.44. The lowest BCUT2D eigenvalue weighted by atomic mass is 10.3. The summed E-state index contributed by atoms with van der Waals surface area (Å²) in [5, 5.41) is 0. The van der Waals surface area contributed by atoms with Crippen LogP contribution in [0.15, 0.2) is 59.5 Å². The summed E-state index contributed by atoms with van der Waals surface area (Å²) in [6.07, 6.45) is 0. The van der Waals surface area contributed by atoms with Crippen LogP contribution in [-0.4, -0.2) is 12.4 Å². The van der Waals surface area contributed by atoms with Crippen molar-refractivity contribution in [3.05, 3.63) is 58.2 Å². The van der Waals surface area contributed by atoms with E-state index < -0.39 is 0 Å². The fourth-order valence-electron chi connectivity index (χ4n) is 1.39. The van der Waals surface area contributed by atoms with Crippen molar-refractivity contribution in [3.63, 3.8) is 0 Å². The molecule has 0 aliphatic carbocycles. The van der Waals surface area contributed by atoms with Gasteiger partial charge in [-0.1, -0.05) is 30.3 Å². The Morgan fingerprint density at radius 3 is 2.41 bits per heavy atom. The van der Waals surface area contributed by atoms with E-state index in [2.05, 4.69) is 52.9 Å². The fraction of sp³-hybridized carbons (Fsp3) is 0.143. The summed E-state index contributed by atoms with van der Waals surface area (Å²) in [5.41, 5.74) is 0. The Morgan fingerprint density at radius 2 is 1.65 bits per heavy atom. The van der Waals surface area contributed by atoms with Gasteiger partial charge in [0, 0.05) is 10.6 Å². The van der Waals surface area contributed by atoms with Crippen LogP contribution in [-0.2, 0) is 0 Å². The van der Waals surface area contributed by atoms with Crippen molar-refractivity contribution in [1.29, 1.82) is 0 Å². The Kier molecular flexibility index (Phi) is 5.19. The highest BCUT2D eigenvalue weighted by molar-refractivity contribution is 14.1. The molecule has 0 atom stereocenters. The second-order valence-corrected chi connectivity index (χ2v) is 5.77. The molecule has 2 aromatic rings. The van der Waals surface area contributed by atoms with Gasteiger partial charge in [0.05, 0.1) is 10.2 Å². The van der Waals surface area contributed by atoms with E-state index >= 15 is 0 Å². The second kappa shape index (κ2) is 6.91. The van der Waals surface area contributed by atoms with Crippen LogP contribution in [0, 0.1) is 3.57 Å². The van der Waals surface area contributed by atoms with Crippen molar-refractivity contribution < 1.29 is 4.74 Å². The third-order valence-corrected chi connectivity index (χ3v) is 4.06. The summed E-state index contributed by atoms with van der Waals surface area (Å²) < 4.78 is 6.89. The zero-order valence-electron chi connectivity index (χ0n) is 9.30. The van der Waals surface area contributed by atoms with Crippen molar-refractivity contribution in [2.24, 2.45) is 0 Å². The van der Waals surface area contributed by atoms with Gasteiger partial charge < -0.3 is 4.74 Å². The molecule has 0 unspecified atom stereocenters. The number of thioether (sulfide) groups is 1. The third kappa shape index (κ3) is 4.24. The van der Waals surface area contributed by atoms with Crippen LogP contribution in [0.4, 0.5) is 0 Å². The molecule has 0 saturated heterocycles. The zero-order chi connectivity index (χ0) is 11.9. The summed E-state index contributed by atoms with van der Waals surface area (Å²) in [5.74, 6) is 1.94. The van der Waals surface area contributed by atoms with Gasteiger partial charge in [-0.05, 0) is 46.9 Å². The molecular formula is C14H13IOS. The molecule has 0 spiro atoms. The van der Waals surface area contributed by atoms with E-state index in [1.807, 2.05) is 36.0 Å². The molecule has 2 aromatic carbocycles. The molecule has 0 saturated carbocycles. The summed E-state index contributed by atoms with van der Waals surface area (Å²) in [6.45, 7) is 0.736. The Bertz CT molecular complexity index is 459. The van der Waals surface area contributed by atoms with Crippen LogP contribution in [0.1, 0.15) is 0 Å². The molecule has 0 aliphatic heterocycles. The summed E-state index contributed by atoms with van der Waals surface area (Å²) in [4.78, 5) is 1.29. The molecule has 0 aromatic heterocycles. The molecule has 2 rings (SSSR count). The first-order valence-electron chi connectivity index (χ1n) is 5.41. The summed E-state index contributed by atoms with van der Waals surface area (Å²) in [7, 11) is 0. The van der Waals surface area contributed by atoms with E-state index in [0.29, 0.717) is 0 Å². The SMILES string of the molecule is Ic1ccccc1OCCSc1ccccc1. The number of ether oxygens (including phenoxy) is 1. The molecule has 0 fully saturated rings. The van der Waals surface area contributed by atoms with Gasteiger partial charge in [-0.2, -0.15) is 0 Å². The topological polar surface area (TPSA) is 9.23 Å². The van der Waals surface area contributed by atoms with Gasteiger partial charge in [0.1, 0.15) is 5.75 Å². The summed E-state index contributed by atoms with van der Waals surface area (Å²) in [6, 6.07) is 18.5. The monoisotopic (exact) mass is 356 g/mol. The fourth-order valence-corrected chi connectivity index (χ4v) is 2.68. The number of para-hydroxylation sites is 1. The minimum atomic E-state index is 0.736. The smallest absolute Gasteiger partial charge is 0.132 e. The highest BCUT2D eigenvalue weighted by Crippen LogP contribution is 2.21. The van der Waals surface area contributed by atoms with Gasteiger partial charge in [-0.3, -0.25) is 0 Å². The van der Waals surface area contributed by atoms with Crippen LogP contribution < -0.4 is 4.74 Å². The minimum Gasteiger partial charge on any atom is -0.492 e. The first-order chi connectivity index (χ1) is 8.36. The standard InChI is InChI=1S/C14H13IOS/c15-13-8-4-5-9-14(13)16-10-11-17-12-6-2-1-3-7-12/h1-9H,10-11H2. The molecule has 88 valence electrons. The van der Waals surface area contributed by atoms with Crippen LogP contribution in [0.5, 0.6) is 5.75 Å². The van der Waals surface area contributed by atoms with E-state index in [1.54, 1.807) is 0 Å². The van der Waals surface area contributed by atoms with E-state index in [1.165, 1.54) is 4.90 Å². The van der Waals surface area contributed by atoms with E-state index in [4.69, 9.17) is 4.74 Å². The lowest BCUT2D eigenvalue weighted by Gasteiger charge is -2.07. The molecule has 3 heteroatoms. The first kappa shape index (κ1) is 12.8. The van der Waals surface area contributed by atoms with E-state index in [-0.39, 0.29) is 0 Å². The Labute approximate surface area is 120 Å². The molecule has 0 bridgehead atoms. The number of rotatable bonds is 5. The average Bonchev–Trinajstić information content (AvgIpc) is 2.38. The lowest BCUT2D eigenvalue weighted by Crippen LogP contribution is -2.01. The number of hydrogen-bond donors (Lipinski definition) is 0. The van der Waals surface area contributed by atoms with Crippen molar-refractivity contribution in [2.75, 3.05) is 12.4 Å². The Morgan fingerprint density at radius 1 is 0.941 bits per heavy atom. The van der Waals surface area contributed by atoms with Gasteiger partial charge in [0.15, 0.2) is 0 Å². The van der Waals surface area contributed by atoms with E-state index in [0.717, 1.165) is 21.7 Å². The predicted molar refractivity (Wildman–Crippen MR) is 81.8 cm³/mol. The Hall–Kier alpha value is -0.680. The highest BCUT2D eigenvalue weighted by atomic mass is 127. The zero-order valence-corrected chi connectivity index (χ0v) is 12.3. The maximum atomic E-state index is 5.73. The number of benzene rings is 2.